The molecule has 2 N–H and O–H groups in total. The summed E-state index contributed by atoms with van der Waals surface area (Å²) in [6.07, 6.45) is 0.481. The van der Waals surface area contributed by atoms with Gasteiger partial charge < -0.3 is 20.0 Å². The van der Waals surface area contributed by atoms with Gasteiger partial charge in [-0.1, -0.05) is 0 Å². The van der Waals surface area contributed by atoms with Crippen LogP contribution in [0.5, 0.6) is 5.75 Å². The van der Waals surface area contributed by atoms with Crippen molar-refractivity contribution in [3.05, 3.63) is 39.4 Å². The SMILES string of the molecule is CC1(C)Oc2ccc(C#N)cc2[C@@H](N2CCCC2=O)[C@@H]1O.O=[N+]([O-])O. The third-order valence-electron chi connectivity index (χ3n) is 4.29. The van der Waals surface area contributed by atoms with Crippen molar-refractivity contribution in [2.24, 2.45) is 0 Å². The predicted octanol–water partition coefficient (Wildman–Crippen LogP) is 1.41. The van der Waals surface area contributed by atoms with Crippen LogP contribution in [0.1, 0.15) is 43.9 Å². The highest BCUT2D eigenvalue weighted by atomic mass is 16.9. The van der Waals surface area contributed by atoms with Crippen molar-refractivity contribution in [2.75, 3.05) is 6.54 Å². The summed E-state index contributed by atoms with van der Waals surface area (Å²) in [5.41, 5.74) is 0.436. The van der Waals surface area contributed by atoms with E-state index in [1.54, 1.807) is 23.1 Å². The van der Waals surface area contributed by atoms with Gasteiger partial charge in [0.1, 0.15) is 17.5 Å². The van der Waals surface area contributed by atoms with Gasteiger partial charge in [0.2, 0.25) is 5.91 Å². The fourth-order valence-electron chi connectivity index (χ4n) is 3.14. The van der Waals surface area contributed by atoms with E-state index in [-0.39, 0.29) is 5.91 Å². The van der Waals surface area contributed by atoms with Crippen LogP contribution in [0.25, 0.3) is 0 Å². The standard InChI is InChI=1S/C16H18N2O3.HNO3/c1-16(2)15(20)14(18-7-3-4-13(18)19)11-8-10(9-17)5-6-12(11)21-16;2-1(3)4/h5-6,8,14-15,20H,3-4,7H2,1-2H3;(H,2,3,4)/t14-,15+;/m1./s1. The van der Waals surface area contributed by atoms with Crippen molar-refractivity contribution in [1.29, 1.82) is 5.26 Å². The Kier molecular flexibility index (Phi) is 5.13. The van der Waals surface area contributed by atoms with Crippen LogP contribution in [0.4, 0.5) is 0 Å². The lowest BCUT2D eigenvalue weighted by atomic mass is 9.85. The highest BCUT2D eigenvalue weighted by Gasteiger charge is 2.47. The maximum Gasteiger partial charge on any atom is 0.291 e. The van der Waals surface area contributed by atoms with Crippen molar-refractivity contribution in [3.8, 4) is 11.8 Å². The average Bonchev–Trinajstić information content (AvgIpc) is 2.93. The van der Waals surface area contributed by atoms with Crippen LogP contribution in [0.15, 0.2) is 18.2 Å². The summed E-state index contributed by atoms with van der Waals surface area (Å²) in [5.74, 6) is 0.680. The van der Waals surface area contributed by atoms with Gasteiger partial charge in [0.05, 0.1) is 17.7 Å². The minimum Gasteiger partial charge on any atom is -0.485 e. The van der Waals surface area contributed by atoms with Crippen LogP contribution in [-0.4, -0.2) is 44.5 Å². The summed E-state index contributed by atoms with van der Waals surface area (Å²) in [6.45, 7) is 4.26. The molecule has 0 aliphatic carbocycles. The highest BCUT2D eigenvalue weighted by molar-refractivity contribution is 5.79. The van der Waals surface area contributed by atoms with Crippen molar-refractivity contribution >= 4 is 5.91 Å². The Balaban J connectivity index is 0.000000511. The van der Waals surface area contributed by atoms with E-state index in [0.29, 0.717) is 24.3 Å². The number of likely N-dealkylation sites (tertiary alicyclic amines) is 1. The molecule has 0 radical (unpaired) electrons. The van der Waals surface area contributed by atoms with Gasteiger partial charge in [0.15, 0.2) is 0 Å². The number of aliphatic hydroxyl groups is 1. The molecule has 25 heavy (non-hydrogen) atoms. The van der Waals surface area contributed by atoms with E-state index in [1.807, 2.05) is 13.8 Å². The second-order valence-corrected chi connectivity index (χ2v) is 6.39. The van der Waals surface area contributed by atoms with E-state index in [0.717, 1.165) is 12.0 Å². The highest BCUT2D eigenvalue weighted by Crippen LogP contribution is 2.44. The van der Waals surface area contributed by atoms with E-state index in [2.05, 4.69) is 6.07 Å². The third kappa shape index (κ3) is 3.80. The number of carbonyl (C=O) groups is 1. The van der Waals surface area contributed by atoms with E-state index in [9.17, 15) is 9.90 Å². The fraction of sp³-hybridized carbons (Fsp3) is 0.500. The molecule has 3 rings (SSSR count). The van der Waals surface area contributed by atoms with Gasteiger partial charge in [-0.2, -0.15) is 5.26 Å². The zero-order chi connectivity index (χ0) is 18.8. The maximum atomic E-state index is 12.1. The Hall–Kier alpha value is -2.86. The number of amides is 1. The smallest absolute Gasteiger partial charge is 0.291 e. The van der Waals surface area contributed by atoms with Gasteiger partial charge in [-0.15, -0.1) is 10.1 Å². The van der Waals surface area contributed by atoms with Crippen LogP contribution in [0.3, 0.4) is 0 Å². The lowest BCUT2D eigenvalue weighted by molar-refractivity contribution is -0.742. The number of ether oxygens (including phenoxy) is 1. The van der Waals surface area contributed by atoms with E-state index >= 15 is 0 Å². The first-order valence-electron chi connectivity index (χ1n) is 7.71. The lowest BCUT2D eigenvalue weighted by Gasteiger charge is -2.45. The summed E-state index contributed by atoms with van der Waals surface area (Å²) in [4.78, 5) is 22.2. The van der Waals surface area contributed by atoms with E-state index in [4.69, 9.17) is 25.3 Å². The molecule has 2 heterocycles. The van der Waals surface area contributed by atoms with E-state index in [1.165, 1.54) is 0 Å². The number of fused-ring (bicyclic) bond motifs is 1. The molecule has 9 heteroatoms. The molecule has 2 atom stereocenters. The topological polar surface area (TPSA) is 137 Å². The van der Waals surface area contributed by atoms with Crippen molar-refractivity contribution in [3.63, 3.8) is 0 Å². The normalized spacial score (nSPS) is 23.6. The van der Waals surface area contributed by atoms with E-state index < -0.39 is 22.8 Å². The number of nitrogens with zero attached hydrogens (tertiary/aromatic N) is 3. The molecule has 0 saturated carbocycles. The summed E-state index contributed by atoms with van der Waals surface area (Å²) in [5, 5.41) is 33.4. The summed E-state index contributed by atoms with van der Waals surface area (Å²) in [6, 6.07) is 6.79. The molecule has 1 saturated heterocycles. The van der Waals surface area contributed by atoms with Crippen LogP contribution in [0.2, 0.25) is 0 Å². The molecule has 134 valence electrons. The van der Waals surface area contributed by atoms with Crippen LogP contribution < -0.4 is 4.74 Å². The molecule has 0 aromatic heterocycles. The minimum absolute atomic E-state index is 0.0464. The molecule has 2 aliphatic heterocycles. The number of rotatable bonds is 1. The molecule has 0 unspecified atom stereocenters. The Labute approximate surface area is 144 Å². The zero-order valence-corrected chi connectivity index (χ0v) is 13.9. The number of hydrogen-bond donors (Lipinski definition) is 2. The molecular formula is C16H19N3O6. The number of nitriles is 1. The molecular weight excluding hydrogens is 330 g/mol. The first kappa shape index (κ1) is 18.5. The Bertz CT molecular complexity index is 723. The van der Waals surface area contributed by atoms with Gasteiger partial charge in [0.25, 0.3) is 5.09 Å². The summed E-state index contributed by atoms with van der Waals surface area (Å²) < 4.78 is 5.86. The molecule has 9 nitrogen and oxygen atoms in total. The van der Waals surface area contributed by atoms with Gasteiger partial charge in [-0.05, 0) is 38.5 Å². The van der Waals surface area contributed by atoms with Crippen LogP contribution in [0, 0.1) is 21.4 Å². The molecule has 1 aromatic carbocycles. The molecule has 2 aliphatic rings. The molecule has 1 aromatic rings. The maximum absolute atomic E-state index is 12.1. The minimum atomic E-state index is -1.50. The van der Waals surface area contributed by atoms with Gasteiger partial charge in [-0.25, -0.2) is 0 Å². The van der Waals surface area contributed by atoms with Crippen molar-refractivity contribution in [1.82, 2.24) is 4.90 Å². The number of hydrogen-bond acceptors (Lipinski definition) is 6. The van der Waals surface area contributed by atoms with Crippen LogP contribution in [-0.2, 0) is 4.79 Å². The second-order valence-electron chi connectivity index (χ2n) is 6.39. The largest absolute Gasteiger partial charge is 0.485 e. The average molecular weight is 349 g/mol. The van der Waals surface area contributed by atoms with Crippen molar-refractivity contribution in [2.45, 2.75) is 44.4 Å². The Morgan fingerprint density at radius 3 is 2.64 bits per heavy atom. The summed E-state index contributed by atoms with van der Waals surface area (Å²) in [7, 11) is 0. The second kappa shape index (κ2) is 6.94. The Morgan fingerprint density at radius 1 is 1.48 bits per heavy atom. The lowest BCUT2D eigenvalue weighted by Crippen LogP contribution is -2.53. The number of carbonyl (C=O) groups excluding carboxylic acids is 1. The first-order valence-corrected chi connectivity index (χ1v) is 7.71. The molecule has 0 bridgehead atoms. The number of benzene rings is 1. The third-order valence-corrected chi connectivity index (χ3v) is 4.29. The number of aliphatic hydroxyl groups excluding tert-OH is 1. The van der Waals surface area contributed by atoms with Gasteiger partial charge >= 0.3 is 0 Å². The zero-order valence-electron chi connectivity index (χ0n) is 13.9. The predicted molar refractivity (Wildman–Crippen MR) is 84.3 cm³/mol. The van der Waals surface area contributed by atoms with Crippen LogP contribution >= 0.6 is 0 Å². The van der Waals surface area contributed by atoms with Gasteiger partial charge in [-0.3, -0.25) is 4.79 Å². The quantitative estimate of drug-likeness (QED) is 0.577. The molecule has 1 amide bonds. The molecule has 1 fully saturated rings. The molecule has 0 spiro atoms. The fourth-order valence-corrected chi connectivity index (χ4v) is 3.14. The monoisotopic (exact) mass is 349 g/mol. The first-order chi connectivity index (χ1) is 11.7. The van der Waals surface area contributed by atoms with Crippen molar-refractivity contribution < 1.29 is 24.9 Å². The summed E-state index contributed by atoms with van der Waals surface area (Å²) >= 11 is 0. The van der Waals surface area contributed by atoms with Gasteiger partial charge in [0, 0.05) is 18.5 Å². The Morgan fingerprint density at radius 2 is 2.12 bits per heavy atom.